The monoisotopic (exact) mass is 254 g/mol. The molecule has 0 aromatic rings. The molecule has 0 aliphatic heterocycles. The second kappa shape index (κ2) is 7.90. The maximum Gasteiger partial charge on any atom is 0.330 e. The summed E-state index contributed by atoms with van der Waals surface area (Å²) < 4.78 is 9.87. The summed E-state index contributed by atoms with van der Waals surface area (Å²) in [5, 5.41) is 0. The molecule has 1 aliphatic carbocycles. The van der Waals surface area contributed by atoms with Gasteiger partial charge in [-0.1, -0.05) is 12.5 Å². The summed E-state index contributed by atoms with van der Waals surface area (Å²) >= 11 is 0. The van der Waals surface area contributed by atoms with Crippen LogP contribution in [0.2, 0.25) is 0 Å². The Balaban J connectivity index is 2.43. The van der Waals surface area contributed by atoms with E-state index in [0.29, 0.717) is 13.2 Å². The first-order valence-electron chi connectivity index (χ1n) is 6.69. The third kappa shape index (κ3) is 4.90. The van der Waals surface area contributed by atoms with E-state index in [9.17, 15) is 9.59 Å². The maximum absolute atomic E-state index is 11.6. The highest BCUT2D eigenvalue weighted by atomic mass is 16.5. The Kier molecular flexibility index (Phi) is 6.47. The van der Waals surface area contributed by atoms with Crippen LogP contribution in [0, 0.1) is 11.8 Å². The number of allylic oxidation sites excluding steroid dienone is 1. The molecule has 2 unspecified atom stereocenters. The quantitative estimate of drug-likeness (QED) is 0.558. The molecular weight excluding hydrogens is 232 g/mol. The van der Waals surface area contributed by atoms with Gasteiger partial charge in [-0.25, -0.2) is 4.79 Å². The summed E-state index contributed by atoms with van der Waals surface area (Å²) in [7, 11) is 0. The van der Waals surface area contributed by atoms with Crippen LogP contribution in [0.5, 0.6) is 0 Å². The minimum Gasteiger partial charge on any atom is -0.466 e. The molecule has 1 aliphatic rings. The third-order valence-corrected chi connectivity index (χ3v) is 3.13. The molecule has 1 saturated carbocycles. The van der Waals surface area contributed by atoms with Gasteiger partial charge < -0.3 is 9.47 Å². The van der Waals surface area contributed by atoms with E-state index in [1.807, 2.05) is 13.0 Å². The summed E-state index contributed by atoms with van der Waals surface area (Å²) in [5.41, 5.74) is 0. The Bertz CT molecular complexity index is 309. The van der Waals surface area contributed by atoms with Crippen molar-refractivity contribution in [3.63, 3.8) is 0 Å². The van der Waals surface area contributed by atoms with Crippen molar-refractivity contribution >= 4 is 11.9 Å². The van der Waals surface area contributed by atoms with Gasteiger partial charge in [-0.3, -0.25) is 4.79 Å². The fourth-order valence-corrected chi connectivity index (χ4v) is 2.28. The molecule has 0 radical (unpaired) electrons. The molecule has 0 saturated heterocycles. The molecule has 18 heavy (non-hydrogen) atoms. The molecule has 0 heterocycles. The second-order valence-corrected chi connectivity index (χ2v) is 4.49. The van der Waals surface area contributed by atoms with Crippen LogP contribution in [-0.2, 0) is 19.1 Å². The highest BCUT2D eigenvalue weighted by molar-refractivity contribution is 5.81. The van der Waals surface area contributed by atoms with Gasteiger partial charge in [-0.15, -0.1) is 0 Å². The number of hydrogen-bond donors (Lipinski definition) is 0. The van der Waals surface area contributed by atoms with Gasteiger partial charge in [0.25, 0.3) is 0 Å². The summed E-state index contributed by atoms with van der Waals surface area (Å²) in [6.07, 6.45) is 7.02. The largest absolute Gasteiger partial charge is 0.466 e. The number of carbonyl (C=O) groups is 2. The van der Waals surface area contributed by atoms with Crippen molar-refractivity contribution in [1.82, 2.24) is 0 Å². The van der Waals surface area contributed by atoms with Crippen LogP contribution in [0.1, 0.15) is 39.5 Å². The molecule has 1 rings (SSSR count). The first-order chi connectivity index (χ1) is 8.67. The molecule has 4 nitrogen and oxygen atoms in total. The van der Waals surface area contributed by atoms with Gasteiger partial charge in [0.1, 0.15) is 0 Å². The van der Waals surface area contributed by atoms with E-state index < -0.39 is 0 Å². The molecule has 4 heteroatoms. The third-order valence-electron chi connectivity index (χ3n) is 3.13. The molecular formula is C14H22O4. The lowest BCUT2D eigenvalue weighted by Crippen LogP contribution is -2.24. The van der Waals surface area contributed by atoms with Gasteiger partial charge in [0.05, 0.1) is 19.1 Å². The lowest BCUT2D eigenvalue weighted by atomic mass is 9.81. The van der Waals surface area contributed by atoms with Crippen molar-refractivity contribution in [2.24, 2.45) is 11.8 Å². The van der Waals surface area contributed by atoms with Gasteiger partial charge in [-0.05, 0) is 39.0 Å². The lowest BCUT2D eigenvalue weighted by molar-refractivity contribution is -0.149. The molecule has 1 fully saturated rings. The van der Waals surface area contributed by atoms with Crippen LogP contribution < -0.4 is 0 Å². The Morgan fingerprint density at radius 1 is 1.17 bits per heavy atom. The Morgan fingerprint density at radius 3 is 2.56 bits per heavy atom. The zero-order valence-corrected chi connectivity index (χ0v) is 11.2. The van der Waals surface area contributed by atoms with Crippen molar-refractivity contribution < 1.29 is 19.1 Å². The van der Waals surface area contributed by atoms with Crippen LogP contribution in [0.15, 0.2) is 12.2 Å². The average molecular weight is 254 g/mol. The zero-order valence-electron chi connectivity index (χ0n) is 11.2. The summed E-state index contributed by atoms with van der Waals surface area (Å²) in [4.78, 5) is 22.8. The molecule has 0 aromatic carbocycles. The number of hydrogen-bond acceptors (Lipinski definition) is 4. The van der Waals surface area contributed by atoms with Gasteiger partial charge >= 0.3 is 11.9 Å². The SMILES string of the molecule is CCOC(=O)/C=C/C1CCCC(C(=O)OCC)C1. The molecule has 0 bridgehead atoms. The summed E-state index contributed by atoms with van der Waals surface area (Å²) in [6, 6.07) is 0. The number of rotatable bonds is 5. The molecule has 0 N–H and O–H groups in total. The van der Waals surface area contributed by atoms with Crippen molar-refractivity contribution in [2.45, 2.75) is 39.5 Å². The molecule has 0 aromatic heterocycles. The first-order valence-corrected chi connectivity index (χ1v) is 6.69. The second-order valence-electron chi connectivity index (χ2n) is 4.49. The van der Waals surface area contributed by atoms with Gasteiger partial charge in [0.15, 0.2) is 0 Å². The smallest absolute Gasteiger partial charge is 0.330 e. The Hall–Kier alpha value is -1.32. The molecule has 0 amide bonds. The average Bonchev–Trinajstić information content (AvgIpc) is 2.37. The van der Waals surface area contributed by atoms with Crippen LogP contribution in [0.25, 0.3) is 0 Å². The van der Waals surface area contributed by atoms with Crippen LogP contribution in [-0.4, -0.2) is 25.2 Å². The van der Waals surface area contributed by atoms with Gasteiger partial charge in [-0.2, -0.15) is 0 Å². The summed E-state index contributed by atoms with van der Waals surface area (Å²) in [5.74, 6) is -0.157. The first kappa shape index (κ1) is 14.7. The number of ether oxygens (including phenoxy) is 2. The number of carbonyl (C=O) groups excluding carboxylic acids is 2. The zero-order chi connectivity index (χ0) is 13.4. The van der Waals surface area contributed by atoms with Crippen LogP contribution >= 0.6 is 0 Å². The standard InChI is InChI=1S/C14H22O4/c1-3-17-13(15)9-8-11-6-5-7-12(10-11)14(16)18-4-2/h8-9,11-12H,3-7,10H2,1-2H3/b9-8+. The minimum atomic E-state index is -0.309. The molecule has 2 atom stereocenters. The number of esters is 2. The highest BCUT2D eigenvalue weighted by Gasteiger charge is 2.26. The topological polar surface area (TPSA) is 52.6 Å². The predicted octanol–water partition coefficient (Wildman–Crippen LogP) is 2.48. The van der Waals surface area contributed by atoms with E-state index >= 15 is 0 Å². The van der Waals surface area contributed by atoms with E-state index in [2.05, 4.69) is 0 Å². The highest BCUT2D eigenvalue weighted by Crippen LogP contribution is 2.30. The van der Waals surface area contributed by atoms with Crippen molar-refractivity contribution in [3.05, 3.63) is 12.2 Å². The molecule has 0 spiro atoms. The van der Waals surface area contributed by atoms with E-state index in [1.165, 1.54) is 6.08 Å². The van der Waals surface area contributed by atoms with Crippen molar-refractivity contribution in [3.8, 4) is 0 Å². The van der Waals surface area contributed by atoms with Crippen molar-refractivity contribution in [2.75, 3.05) is 13.2 Å². The van der Waals surface area contributed by atoms with E-state index in [4.69, 9.17) is 9.47 Å². The lowest BCUT2D eigenvalue weighted by Gasteiger charge is -2.25. The Labute approximate surface area is 108 Å². The van der Waals surface area contributed by atoms with Crippen molar-refractivity contribution in [1.29, 1.82) is 0 Å². The normalized spacial score (nSPS) is 23.9. The Morgan fingerprint density at radius 2 is 1.89 bits per heavy atom. The summed E-state index contributed by atoms with van der Waals surface area (Å²) in [6.45, 7) is 4.42. The fourth-order valence-electron chi connectivity index (χ4n) is 2.28. The fraction of sp³-hybridized carbons (Fsp3) is 0.714. The van der Waals surface area contributed by atoms with E-state index in [-0.39, 0.29) is 23.8 Å². The predicted molar refractivity (Wildman–Crippen MR) is 67.9 cm³/mol. The molecule has 102 valence electrons. The maximum atomic E-state index is 11.6. The van der Waals surface area contributed by atoms with Gasteiger partial charge in [0.2, 0.25) is 0 Å². The minimum absolute atomic E-state index is 0.0180. The van der Waals surface area contributed by atoms with Gasteiger partial charge in [0, 0.05) is 6.08 Å². The van der Waals surface area contributed by atoms with Crippen LogP contribution in [0.4, 0.5) is 0 Å². The van der Waals surface area contributed by atoms with Crippen LogP contribution in [0.3, 0.4) is 0 Å². The van der Waals surface area contributed by atoms with E-state index in [1.54, 1.807) is 6.92 Å². The van der Waals surface area contributed by atoms with E-state index in [0.717, 1.165) is 25.7 Å².